The second-order valence-electron chi connectivity index (χ2n) is 8.29. The van der Waals surface area contributed by atoms with E-state index in [1.165, 1.54) is 7.11 Å². The molecule has 3 aromatic heterocycles. The number of furan rings is 1. The zero-order valence-corrected chi connectivity index (χ0v) is 19.2. The molecule has 0 spiro atoms. The van der Waals surface area contributed by atoms with Crippen molar-refractivity contribution in [3.63, 3.8) is 0 Å². The second-order valence-corrected chi connectivity index (χ2v) is 8.29. The number of nitrogens with zero attached hydrogens (tertiary/aromatic N) is 2. The van der Waals surface area contributed by atoms with Gasteiger partial charge in [-0.25, -0.2) is 9.78 Å². The fraction of sp³-hybridized carbons (Fsp3) is 0.458. The molecule has 9 nitrogen and oxygen atoms in total. The fourth-order valence-electron chi connectivity index (χ4n) is 3.96. The first-order valence-corrected chi connectivity index (χ1v) is 11.3. The maximum Gasteiger partial charge on any atom is 0.356 e. The molecule has 1 saturated heterocycles. The second kappa shape index (κ2) is 10.1. The van der Waals surface area contributed by atoms with Gasteiger partial charge in [-0.1, -0.05) is 13.8 Å². The van der Waals surface area contributed by atoms with Gasteiger partial charge in [-0.05, 0) is 37.5 Å². The number of esters is 1. The Balaban J connectivity index is 1.79. The average Bonchev–Trinajstić information content (AvgIpc) is 3.59. The van der Waals surface area contributed by atoms with Crippen LogP contribution in [0.2, 0.25) is 0 Å². The molecule has 2 unspecified atom stereocenters. The Morgan fingerprint density at radius 1 is 1.39 bits per heavy atom. The molecule has 0 radical (unpaired) electrons. The summed E-state index contributed by atoms with van der Waals surface area (Å²) < 4.78 is 18.1. The molecule has 3 aromatic rings. The minimum Gasteiger partial charge on any atom is -0.467 e. The van der Waals surface area contributed by atoms with Crippen molar-refractivity contribution in [2.75, 3.05) is 24.4 Å². The molecule has 9 heteroatoms. The molecule has 1 aliphatic heterocycles. The monoisotopic (exact) mass is 454 g/mol. The first kappa shape index (κ1) is 22.8. The number of methoxy groups -OCH3 is 1. The van der Waals surface area contributed by atoms with E-state index in [1.54, 1.807) is 17.0 Å². The predicted octanol–water partition coefficient (Wildman–Crippen LogP) is 4.19. The molecule has 4 heterocycles. The molecule has 4 rings (SSSR count). The van der Waals surface area contributed by atoms with Crippen molar-refractivity contribution in [3.05, 3.63) is 42.1 Å². The minimum atomic E-state index is -0.532. The summed E-state index contributed by atoms with van der Waals surface area (Å²) in [4.78, 5) is 30.4. The number of hydrogen-bond donors (Lipinski definition) is 2. The quantitative estimate of drug-likeness (QED) is 0.467. The zero-order chi connectivity index (χ0) is 23.4. The third-order valence-electron chi connectivity index (χ3n) is 6.04. The van der Waals surface area contributed by atoms with Crippen LogP contribution in [0, 0.1) is 5.92 Å². The summed E-state index contributed by atoms with van der Waals surface area (Å²) >= 11 is 0. The molecular formula is C24H30N4O5. The number of nitrogens with one attached hydrogen (secondary N) is 2. The molecule has 176 valence electrons. The van der Waals surface area contributed by atoms with Crippen molar-refractivity contribution in [2.45, 2.75) is 52.3 Å². The molecule has 33 heavy (non-hydrogen) atoms. The number of carbonyl (C=O) groups is 2. The highest BCUT2D eigenvalue weighted by molar-refractivity contribution is 6.11. The number of amides is 1. The maximum atomic E-state index is 12.9. The van der Waals surface area contributed by atoms with Crippen molar-refractivity contribution >= 4 is 34.3 Å². The summed E-state index contributed by atoms with van der Waals surface area (Å²) in [5.74, 6) is -0.116. The fourth-order valence-corrected chi connectivity index (χ4v) is 3.96. The van der Waals surface area contributed by atoms with Crippen LogP contribution in [-0.4, -0.2) is 41.2 Å². The van der Waals surface area contributed by atoms with Crippen LogP contribution in [0.25, 0.3) is 11.0 Å². The highest BCUT2D eigenvalue weighted by Crippen LogP contribution is 2.34. The lowest BCUT2D eigenvalue weighted by atomic mass is 10.1. The van der Waals surface area contributed by atoms with Crippen LogP contribution in [-0.2, 0) is 27.4 Å². The number of carbonyl (C=O) groups excluding carboxylic acids is 2. The Kier molecular flexibility index (Phi) is 6.98. The van der Waals surface area contributed by atoms with Gasteiger partial charge in [0.05, 0.1) is 50.1 Å². The van der Waals surface area contributed by atoms with Gasteiger partial charge in [-0.2, -0.15) is 0 Å². The van der Waals surface area contributed by atoms with Gasteiger partial charge in [0.2, 0.25) is 5.91 Å². The van der Waals surface area contributed by atoms with Crippen molar-refractivity contribution in [1.29, 1.82) is 0 Å². The number of fused-ring (bicyclic) bond motifs is 1. The summed E-state index contributed by atoms with van der Waals surface area (Å²) in [6.45, 7) is 5.43. The van der Waals surface area contributed by atoms with E-state index in [9.17, 15) is 9.59 Å². The third-order valence-corrected chi connectivity index (χ3v) is 6.04. The summed E-state index contributed by atoms with van der Waals surface area (Å²) in [5, 5.41) is 6.92. The van der Waals surface area contributed by atoms with Crippen molar-refractivity contribution in [1.82, 2.24) is 9.55 Å². The molecule has 2 N–H and O–H groups in total. The normalized spacial score (nSPS) is 16.6. The molecule has 0 saturated carbocycles. The lowest BCUT2D eigenvalue weighted by Crippen LogP contribution is -2.23. The molecule has 0 aliphatic carbocycles. The third kappa shape index (κ3) is 4.88. The molecule has 0 bridgehead atoms. The topological polar surface area (TPSA) is 108 Å². The number of rotatable bonds is 9. The average molecular weight is 455 g/mol. The van der Waals surface area contributed by atoms with E-state index in [2.05, 4.69) is 15.6 Å². The summed E-state index contributed by atoms with van der Waals surface area (Å²) in [7, 11) is 1.33. The predicted molar refractivity (Wildman–Crippen MR) is 124 cm³/mol. The minimum absolute atomic E-state index is 0.0272. The number of aromatic nitrogens is 2. The van der Waals surface area contributed by atoms with Crippen LogP contribution in [0.4, 0.5) is 11.4 Å². The van der Waals surface area contributed by atoms with Gasteiger partial charge in [0.15, 0.2) is 5.69 Å². The van der Waals surface area contributed by atoms with E-state index < -0.39 is 5.97 Å². The van der Waals surface area contributed by atoms with E-state index in [0.29, 0.717) is 42.8 Å². The summed E-state index contributed by atoms with van der Waals surface area (Å²) in [6, 6.07) is 5.59. The highest BCUT2D eigenvalue weighted by atomic mass is 16.5. The van der Waals surface area contributed by atoms with Crippen LogP contribution in [0.1, 0.15) is 49.4 Å². The van der Waals surface area contributed by atoms with Gasteiger partial charge in [0.25, 0.3) is 0 Å². The number of ether oxygens (including phenoxy) is 2. The van der Waals surface area contributed by atoms with Crippen LogP contribution in [0.3, 0.4) is 0 Å². The summed E-state index contributed by atoms with van der Waals surface area (Å²) in [6.07, 6.45) is 5.86. The standard InChI is InChI=1S/C24H30N4O5/c1-4-15(2)23(29)27-20-19-11-16(25-13-17-7-5-9-32-17)12-26-22(19)28(21(20)24(30)31-3)14-18-8-6-10-33-18/h5,7,9,11-12,15,18,25H,4,6,8,10,13-14H2,1-3H3,(H,27,29). The van der Waals surface area contributed by atoms with Gasteiger partial charge < -0.3 is 29.1 Å². The Morgan fingerprint density at radius 2 is 2.24 bits per heavy atom. The van der Waals surface area contributed by atoms with Crippen molar-refractivity contribution in [3.8, 4) is 0 Å². The molecule has 2 atom stereocenters. The smallest absolute Gasteiger partial charge is 0.356 e. The van der Waals surface area contributed by atoms with E-state index >= 15 is 0 Å². The van der Waals surface area contributed by atoms with Gasteiger partial charge in [-0.15, -0.1) is 0 Å². The summed E-state index contributed by atoms with van der Waals surface area (Å²) in [5.41, 5.74) is 2.02. The number of pyridine rings is 1. The lowest BCUT2D eigenvalue weighted by molar-refractivity contribution is -0.119. The molecule has 1 amide bonds. The lowest BCUT2D eigenvalue weighted by Gasteiger charge is -2.15. The molecule has 1 fully saturated rings. The van der Waals surface area contributed by atoms with Crippen LogP contribution < -0.4 is 10.6 Å². The van der Waals surface area contributed by atoms with Gasteiger partial charge in [0, 0.05) is 17.9 Å². The first-order chi connectivity index (χ1) is 16.0. The largest absolute Gasteiger partial charge is 0.467 e. The van der Waals surface area contributed by atoms with Gasteiger partial charge >= 0.3 is 5.97 Å². The Bertz CT molecular complexity index is 1120. The van der Waals surface area contributed by atoms with E-state index in [0.717, 1.165) is 24.3 Å². The molecule has 1 aliphatic rings. The van der Waals surface area contributed by atoms with Gasteiger partial charge in [-0.3, -0.25) is 4.79 Å². The van der Waals surface area contributed by atoms with Crippen molar-refractivity contribution < 1.29 is 23.5 Å². The number of anilines is 2. The molecular weight excluding hydrogens is 424 g/mol. The van der Waals surface area contributed by atoms with E-state index in [-0.39, 0.29) is 23.6 Å². The van der Waals surface area contributed by atoms with Crippen molar-refractivity contribution in [2.24, 2.45) is 5.92 Å². The van der Waals surface area contributed by atoms with Crippen LogP contribution in [0.15, 0.2) is 35.1 Å². The van der Waals surface area contributed by atoms with Crippen LogP contribution >= 0.6 is 0 Å². The van der Waals surface area contributed by atoms with E-state index in [1.807, 2.05) is 32.0 Å². The highest BCUT2D eigenvalue weighted by Gasteiger charge is 2.29. The Hall–Kier alpha value is -3.33. The zero-order valence-electron chi connectivity index (χ0n) is 19.2. The first-order valence-electron chi connectivity index (χ1n) is 11.3. The molecule has 0 aromatic carbocycles. The number of hydrogen-bond acceptors (Lipinski definition) is 7. The van der Waals surface area contributed by atoms with E-state index in [4.69, 9.17) is 13.9 Å². The Labute approximate surface area is 192 Å². The van der Waals surface area contributed by atoms with Crippen LogP contribution in [0.5, 0.6) is 0 Å². The SMILES string of the molecule is CCC(C)C(=O)Nc1c(C(=O)OC)n(CC2CCCO2)c2ncc(NCc3ccco3)cc12. The maximum absolute atomic E-state index is 12.9. The Morgan fingerprint density at radius 3 is 2.91 bits per heavy atom. The van der Waals surface area contributed by atoms with Gasteiger partial charge in [0.1, 0.15) is 11.4 Å².